The third-order valence-electron chi connectivity index (χ3n) is 5.30. The van der Waals surface area contributed by atoms with Gasteiger partial charge in [0.25, 0.3) is 0 Å². The van der Waals surface area contributed by atoms with Crippen LogP contribution in [0.2, 0.25) is 0 Å². The lowest BCUT2D eigenvalue weighted by atomic mass is 10.1. The van der Waals surface area contributed by atoms with Crippen LogP contribution in [0.1, 0.15) is 5.56 Å². The third-order valence-corrected chi connectivity index (χ3v) is 5.30. The maximum Gasteiger partial charge on any atom is 0.333 e. The fraction of sp³-hybridized carbons (Fsp3) is 0.0952. The van der Waals surface area contributed by atoms with Crippen molar-refractivity contribution >= 4 is 27.9 Å². The predicted octanol–water partition coefficient (Wildman–Crippen LogP) is 3.23. The molecule has 0 atom stereocenters. The number of benzene rings is 2. The predicted molar refractivity (Wildman–Crippen MR) is 109 cm³/mol. The van der Waals surface area contributed by atoms with Gasteiger partial charge in [-0.3, -0.25) is 4.98 Å². The van der Waals surface area contributed by atoms with Gasteiger partial charge in [-0.2, -0.15) is 0 Å². The van der Waals surface area contributed by atoms with Gasteiger partial charge in [0.05, 0.1) is 17.6 Å². The number of nitrogens with one attached hydrogen (secondary N) is 3. The molecular formula is C21H16N6O. The molecule has 5 aromatic rings. The molecule has 0 spiro atoms. The second-order valence-electron chi connectivity index (χ2n) is 6.99. The molecule has 0 bridgehead atoms. The van der Waals surface area contributed by atoms with Crippen LogP contribution in [0.15, 0.2) is 59.7 Å². The van der Waals surface area contributed by atoms with E-state index in [4.69, 9.17) is 4.98 Å². The number of rotatable bonds is 2. The lowest BCUT2D eigenvalue weighted by molar-refractivity contribution is 0.996. The number of aromatic amines is 2. The van der Waals surface area contributed by atoms with Crippen molar-refractivity contribution in [2.75, 3.05) is 11.9 Å². The summed E-state index contributed by atoms with van der Waals surface area (Å²) >= 11 is 0. The van der Waals surface area contributed by atoms with Gasteiger partial charge in [-0.1, -0.05) is 12.1 Å². The highest BCUT2D eigenvalue weighted by atomic mass is 16.1. The quantitative estimate of drug-likeness (QED) is 0.446. The average Bonchev–Trinajstić information content (AvgIpc) is 3.43. The van der Waals surface area contributed by atoms with E-state index in [0.717, 1.165) is 46.5 Å². The summed E-state index contributed by atoms with van der Waals surface area (Å²) in [5.41, 5.74) is 6.61. The van der Waals surface area contributed by atoms with Crippen LogP contribution in [-0.2, 0) is 6.42 Å². The molecule has 6 rings (SSSR count). The molecule has 0 saturated carbocycles. The Hall–Kier alpha value is -3.87. The zero-order valence-corrected chi connectivity index (χ0v) is 14.9. The highest BCUT2D eigenvalue weighted by molar-refractivity contribution is 5.84. The van der Waals surface area contributed by atoms with Crippen LogP contribution in [0.5, 0.6) is 0 Å². The zero-order chi connectivity index (χ0) is 18.7. The Labute approximate surface area is 159 Å². The van der Waals surface area contributed by atoms with Gasteiger partial charge in [0.1, 0.15) is 0 Å². The molecule has 28 heavy (non-hydrogen) atoms. The monoisotopic (exact) mass is 368 g/mol. The highest BCUT2D eigenvalue weighted by Crippen LogP contribution is 2.26. The number of H-pyrrole nitrogens is 2. The molecule has 7 nitrogen and oxygen atoms in total. The standard InChI is InChI=1S/C21H16N6O/c28-21-26-19-20(27(21)15-3-4-16-14(9-15)6-8-22-16)25-18(11-24-19)13-2-1-12-5-7-23-17(12)10-13/h1-5,7,9-11,22-23H,6,8H2,(H,24,26,28). The van der Waals surface area contributed by atoms with Crippen molar-refractivity contribution in [2.45, 2.75) is 6.42 Å². The second-order valence-corrected chi connectivity index (χ2v) is 6.99. The van der Waals surface area contributed by atoms with Crippen LogP contribution in [0.25, 0.3) is 39.1 Å². The summed E-state index contributed by atoms with van der Waals surface area (Å²) < 4.78 is 1.59. The first-order valence-electron chi connectivity index (χ1n) is 9.19. The number of aromatic nitrogens is 5. The molecule has 4 heterocycles. The normalized spacial score (nSPS) is 13.1. The van der Waals surface area contributed by atoms with Gasteiger partial charge in [-0.15, -0.1) is 0 Å². The number of nitrogens with zero attached hydrogens (tertiary/aromatic N) is 3. The Bertz CT molecular complexity index is 1420. The minimum absolute atomic E-state index is 0.238. The smallest absolute Gasteiger partial charge is 0.333 e. The molecule has 0 saturated heterocycles. The number of anilines is 1. The number of hydrogen-bond acceptors (Lipinski definition) is 4. The molecule has 7 heteroatoms. The van der Waals surface area contributed by atoms with Gasteiger partial charge in [0, 0.05) is 29.5 Å². The van der Waals surface area contributed by atoms with Gasteiger partial charge < -0.3 is 10.3 Å². The lowest BCUT2D eigenvalue weighted by Gasteiger charge is -2.07. The van der Waals surface area contributed by atoms with Gasteiger partial charge in [0.2, 0.25) is 0 Å². The summed E-state index contributed by atoms with van der Waals surface area (Å²) in [6, 6.07) is 14.1. The highest BCUT2D eigenvalue weighted by Gasteiger charge is 2.16. The Morgan fingerprint density at radius 1 is 1.07 bits per heavy atom. The van der Waals surface area contributed by atoms with E-state index in [2.05, 4.69) is 20.3 Å². The first-order valence-corrected chi connectivity index (χ1v) is 9.19. The maximum absolute atomic E-state index is 12.6. The average molecular weight is 368 g/mol. The summed E-state index contributed by atoms with van der Waals surface area (Å²) in [4.78, 5) is 27.9. The summed E-state index contributed by atoms with van der Waals surface area (Å²) in [6.07, 6.45) is 4.56. The summed E-state index contributed by atoms with van der Waals surface area (Å²) in [6.45, 7) is 0.923. The van der Waals surface area contributed by atoms with Crippen LogP contribution < -0.4 is 11.0 Å². The molecule has 1 aliphatic rings. The van der Waals surface area contributed by atoms with Crippen LogP contribution in [-0.4, -0.2) is 31.0 Å². The van der Waals surface area contributed by atoms with Crippen molar-refractivity contribution in [3.05, 3.63) is 70.9 Å². The Balaban J connectivity index is 1.55. The van der Waals surface area contributed by atoms with Gasteiger partial charge in [-0.25, -0.2) is 19.3 Å². The molecule has 3 N–H and O–H groups in total. The Kier molecular flexibility index (Phi) is 3.02. The maximum atomic E-state index is 12.6. The fourth-order valence-corrected chi connectivity index (χ4v) is 3.89. The molecule has 136 valence electrons. The summed E-state index contributed by atoms with van der Waals surface area (Å²) in [5, 5.41) is 4.48. The summed E-state index contributed by atoms with van der Waals surface area (Å²) in [7, 11) is 0. The van der Waals surface area contributed by atoms with E-state index < -0.39 is 0 Å². The number of imidazole rings is 1. The van der Waals surface area contributed by atoms with Gasteiger partial charge in [0.15, 0.2) is 11.3 Å². The third kappa shape index (κ3) is 2.19. The summed E-state index contributed by atoms with van der Waals surface area (Å²) in [5.74, 6) is 0. The van der Waals surface area contributed by atoms with E-state index in [1.54, 1.807) is 10.8 Å². The molecule has 0 fully saturated rings. The fourth-order valence-electron chi connectivity index (χ4n) is 3.89. The molecule has 2 aromatic carbocycles. The minimum Gasteiger partial charge on any atom is -0.384 e. The van der Waals surface area contributed by atoms with Gasteiger partial charge >= 0.3 is 5.69 Å². The van der Waals surface area contributed by atoms with E-state index in [1.165, 1.54) is 5.56 Å². The molecule has 0 amide bonds. The SMILES string of the molecule is O=c1[nH]c2ncc(-c3ccc4cc[nH]c4c3)nc2n1-c1ccc2c(c1)CCN2. The molecular weight excluding hydrogens is 352 g/mol. The van der Waals surface area contributed by atoms with Crippen molar-refractivity contribution in [1.82, 2.24) is 24.5 Å². The van der Waals surface area contributed by atoms with E-state index in [0.29, 0.717) is 11.3 Å². The first kappa shape index (κ1) is 15.2. The first-order chi connectivity index (χ1) is 13.8. The van der Waals surface area contributed by atoms with Crippen LogP contribution in [0.3, 0.4) is 0 Å². The van der Waals surface area contributed by atoms with Crippen LogP contribution >= 0.6 is 0 Å². The van der Waals surface area contributed by atoms with E-state index in [-0.39, 0.29) is 5.69 Å². The van der Waals surface area contributed by atoms with Gasteiger partial charge in [-0.05, 0) is 47.7 Å². The minimum atomic E-state index is -0.238. The Morgan fingerprint density at radius 2 is 2.04 bits per heavy atom. The Morgan fingerprint density at radius 3 is 3.00 bits per heavy atom. The van der Waals surface area contributed by atoms with Crippen molar-refractivity contribution in [3.8, 4) is 16.9 Å². The molecule has 0 unspecified atom stereocenters. The van der Waals surface area contributed by atoms with E-state index in [1.807, 2.05) is 48.7 Å². The van der Waals surface area contributed by atoms with Crippen molar-refractivity contribution < 1.29 is 0 Å². The number of hydrogen-bond donors (Lipinski definition) is 3. The van der Waals surface area contributed by atoms with Crippen molar-refractivity contribution in [2.24, 2.45) is 0 Å². The number of fused-ring (bicyclic) bond motifs is 3. The largest absolute Gasteiger partial charge is 0.384 e. The topological polar surface area (TPSA) is 91.4 Å². The van der Waals surface area contributed by atoms with Crippen LogP contribution in [0.4, 0.5) is 5.69 Å². The van der Waals surface area contributed by atoms with E-state index in [9.17, 15) is 4.79 Å². The van der Waals surface area contributed by atoms with Crippen molar-refractivity contribution in [3.63, 3.8) is 0 Å². The molecule has 1 aliphatic heterocycles. The molecule has 0 radical (unpaired) electrons. The zero-order valence-electron chi connectivity index (χ0n) is 14.9. The molecule has 3 aromatic heterocycles. The second kappa shape index (κ2) is 5.56. The van der Waals surface area contributed by atoms with Crippen LogP contribution in [0, 0.1) is 0 Å². The lowest BCUT2D eigenvalue weighted by Crippen LogP contribution is -2.15. The molecule has 0 aliphatic carbocycles. The van der Waals surface area contributed by atoms with Crippen molar-refractivity contribution in [1.29, 1.82) is 0 Å². The van der Waals surface area contributed by atoms with E-state index >= 15 is 0 Å².